The van der Waals surface area contributed by atoms with E-state index in [1.54, 1.807) is 15.9 Å². The van der Waals surface area contributed by atoms with Crippen molar-refractivity contribution in [1.29, 1.82) is 0 Å². The lowest BCUT2D eigenvalue weighted by molar-refractivity contribution is -0.149. The molecule has 3 amide bonds. The highest BCUT2D eigenvalue weighted by Crippen LogP contribution is 2.59. The van der Waals surface area contributed by atoms with Crippen LogP contribution in [-0.4, -0.2) is 77.3 Å². The lowest BCUT2D eigenvalue weighted by Crippen LogP contribution is -2.59. The molecule has 1 N–H and O–H groups in total. The van der Waals surface area contributed by atoms with E-state index in [4.69, 9.17) is 21.1 Å². The van der Waals surface area contributed by atoms with Crippen LogP contribution in [0.25, 0.3) is 0 Å². The molecule has 0 aromatic heterocycles. The first-order valence-electron chi connectivity index (χ1n) is 17.3. The van der Waals surface area contributed by atoms with Crippen molar-refractivity contribution < 1.29 is 29.0 Å². The number of hydrogen-bond acceptors (Lipinski definition) is 6. The van der Waals surface area contributed by atoms with Crippen LogP contribution in [0, 0.1) is 18.8 Å². The van der Waals surface area contributed by atoms with Crippen molar-refractivity contribution in [2.75, 3.05) is 36.1 Å². The minimum atomic E-state index is -1.50. The molecule has 0 aliphatic carbocycles. The summed E-state index contributed by atoms with van der Waals surface area (Å²) in [6.45, 7) is 6.35. The van der Waals surface area contributed by atoms with Gasteiger partial charge in [0, 0.05) is 18.8 Å². The summed E-state index contributed by atoms with van der Waals surface area (Å²) in [5.74, 6) is -2.32. The fraction of sp³-hybridized carbons (Fsp3) is 0.375. The van der Waals surface area contributed by atoms with E-state index in [2.05, 4.69) is 0 Å². The number of hydrogen-bond donors (Lipinski definition) is 1. The Balaban J connectivity index is 1.37. The van der Waals surface area contributed by atoms with E-state index in [-0.39, 0.29) is 24.9 Å². The number of fused-ring (bicyclic) bond motifs is 2. The number of halogens is 1. The average molecular weight is 696 g/mol. The van der Waals surface area contributed by atoms with Crippen LogP contribution in [0.5, 0.6) is 5.75 Å². The van der Waals surface area contributed by atoms with Crippen LogP contribution >= 0.6 is 11.6 Å². The topological polar surface area (TPSA) is 99.6 Å². The second kappa shape index (κ2) is 13.4. The Hall–Kier alpha value is -4.44. The molecule has 1 spiro atoms. The zero-order chi connectivity index (χ0) is 35.2. The average Bonchev–Trinajstić information content (AvgIpc) is 3.42. The van der Waals surface area contributed by atoms with Gasteiger partial charge in [0.15, 0.2) is 0 Å². The first-order chi connectivity index (χ1) is 24.2. The molecular weight excluding hydrogens is 654 g/mol. The number of benzene rings is 3. The summed E-state index contributed by atoms with van der Waals surface area (Å²) in [6.07, 6.45) is 8.22. The van der Waals surface area contributed by atoms with Gasteiger partial charge in [0.1, 0.15) is 17.4 Å². The highest BCUT2D eigenvalue weighted by molar-refractivity contribution is 6.34. The lowest BCUT2D eigenvalue weighted by atomic mass is 9.73. The number of aliphatic hydroxyl groups excluding tert-OH is 1. The molecule has 6 atom stereocenters. The third-order valence-corrected chi connectivity index (χ3v) is 11.0. The van der Waals surface area contributed by atoms with Gasteiger partial charge in [0.05, 0.1) is 47.4 Å². The number of aliphatic hydroxyl groups is 1. The molecule has 3 aromatic carbocycles. The van der Waals surface area contributed by atoms with Gasteiger partial charge in [0.2, 0.25) is 11.8 Å². The van der Waals surface area contributed by atoms with Crippen molar-refractivity contribution in [3.63, 3.8) is 0 Å². The molecule has 0 saturated carbocycles. The Labute approximate surface area is 297 Å². The van der Waals surface area contributed by atoms with Crippen molar-refractivity contribution in [3.05, 3.63) is 113 Å². The number of ether oxygens (including phenoxy) is 2. The fourth-order valence-corrected chi connectivity index (χ4v) is 8.84. The van der Waals surface area contributed by atoms with Crippen molar-refractivity contribution in [2.24, 2.45) is 11.8 Å². The SMILES string of the molecule is CCOc1ccc(N2CC=C[C@]3(CC)O[C@]45C=CCN(c6c(C)cccc6Cl)C(=O)C4N([C@@H](CO)Cc4ccccc4)C(=O)[C@@H]5[C@@H]3C2=O)cc1. The summed E-state index contributed by atoms with van der Waals surface area (Å²) in [5, 5.41) is 11.3. The predicted octanol–water partition coefficient (Wildman–Crippen LogP) is 5.52. The molecule has 2 fully saturated rings. The number of likely N-dealkylation sites (tertiary alicyclic amines) is 1. The number of para-hydroxylation sites is 1. The Morgan fingerprint density at radius 3 is 2.28 bits per heavy atom. The smallest absolute Gasteiger partial charge is 0.253 e. The van der Waals surface area contributed by atoms with Crippen LogP contribution in [0.4, 0.5) is 11.4 Å². The van der Waals surface area contributed by atoms with Crippen LogP contribution < -0.4 is 14.5 Å². The van der Waals surface area contributed by atoms with E-state index < -0.39 is 47.6 Å². The van der Waals surface area contributed by atoms with Crippen molar-refractivity contribution >= 4 is 40.7 Å². The summed E-state index contributed by atoms with van der Waals surface area (Å²) in [4.78, 5) is 50.1. The number of carbonyl (C=O) groups is 3. The molecule has 2 saturated heterocycles. The molecule has 50 heavy (non-hydrogen) atoms. The van der Waals surface area contributed by atoms with Crippen LogP contribution in [0.15, 0.2) is 97.1 Å². The fourth-order valence-electron chi connectivity index (χ4n) is 8.52. The monoisotopic (exact) mass is 695 g/mol. The number of rotatable bonds is 9. The minimum Gasteiger partial charge on any atom is -0.494 e. The number of amides is 3. The maximum absolute atomic E-state index is 15.2. The van der Waals surface area contributed by atoms with E-state index in [1.165, 1.54) is 4.90 Å². The van der Waals surface area contributed by atoms with Gasteiger partial charge >= 0.3 is 0 Å². The standard InChI is InChI=1S/C40H42ClN3O6/c1-4-39-20-10-22-42(28-16-18-30(19-17-28)49-5-2)36(46)32(39)33-37(47)44(29(25-45)24-27-13-7-6-8-14-27)35-38(48)43(23-11-21-40(33,35)50-39)34-26(3)12-9-15-31(34)41/h6-21,29,32-33,35,45H,4-5,22-25H2,1-3H3/t29-,32-,33+,35?,39+,40+/m1/s1. The quantitative estimate of drug-likeness (QED) is 0.296. The second-order valence-electron chi connectivity index (χ2n) is 13.4. The molecule has 10 heteroatoms. The Morgan fingerprint density at radius 1 is 0.880 bits per heavy atom. The van der Waals surface area contributed by atoms with Crippen molar-refractivity contribution in [1.82, 2.24) is 4.90 Å². The lowest BCUT2D eigenvalue weighted by Gasteiger charge is -2.41. The van der Waals surface area contributed by atoms with E-state index in [0.29, 0.717) is 41.6 Å². The molecule has 3 aromatic rings. The van der Waals surface area contributed by atoms with Gasteiger partial charge in [-0.3, -0.25) is 14.4 Å². The largest absolute Gasteiger partial charge is 0.494 e. The van der Waals surface area contributed by atoms with E-state index >= 15 is 9.59 Å². The van der Waals surface area contributed by atoms with Crippen LogP contribution in [0.2, 0.25) is 5.02 Å². The molecule has 0 radical (unpaired) electrons. The zero-order valence-electron chi connectivity index (χ0n) is 28.5. The summed E-state index contributed by atoms with van der Waals surface area (Å²) in [7, 11) is 0. The van der Waals surface area contributed by atoms with Crippen molar-refractivity contribution in [3.8, 4) is 5.75 Å². The van der Waals surface area contributed by atoms with Crippen LogP contribution in [0.1, 0.15) is 31.4 Å². The molecule has 7 rings (SSSR count). The molecule has 4 aliphatic heterocycles. The Bertz CT molecular complexity index is 1830. The van der Waals surface area contributed by atoms with Crippen molar-refractivity contribution in [2.45, 2.75) is 56.9 Å². The molecule has 1 unspecified atom stereocenters. The van der Waals surface area contributed by atoms with Gasteiger partial charge in [-0.05, 0) is 68.1 Å². The maximum Gasteiger partial charge on any atom is 0.253 e. The van der Waals surface area contributed by atoms with E-state index in [9.17, 15) is 9.90 Å². The molecule has 4 aliphatic rings. The van der Waals surface area contributed by atoms with Gasteiger partial charge in [-0.15, -0.1) is 0 Å². The molecule has 9 nitrogen and oxygen atoms in total. The minimum absolute atomic E-state index is 0.189. The summed E-state index contributed by atoms with van der Waals surface area (Å²) in [6, 6.07) is 20.4. The second-order valence-corrected chi connectivity index (χ2v) is 13.8. The molecular formula is C40H42ClN3O6. The van der Waals surface area contributed by atoms with Gasteiger partial charge in [-0.25, -0.2) is 0 Å². The highest BCUT2D eigenvalue weighted by atomic mass is 35.5. The summed E-state index contributed by atoms with van der Waals surface area (Å²) in [5.41, 5.74) is 0.271. The van der Waals surface area contributed by atoms with Gasteiger partial charge in [-0.2, -0.15) is 0 Å². The maximum atomic E-state index is 15.2. The van der Waals surface area contributed by atoms with Gasteiger partial charge in [0.25, 0.3) is 5.91 Å². The number of anilines is 2. The van der Waals surface area contributed by atoms with Gasteiger partial charge in [-0.1, -0.05) is 85.3 Å². The predicted molar refractivity (Wildman–Crippen MR) is 192 cm³/mol. The number of nitrogens with zero attached hydrogens (tertiary/aromatic N) is 3. The number of carbonyl (C=O) groups excluding carboxylic acids is 3. The Morgan fingerprint density at radius 2 is 1.60 bits per heavy atom. The van der Waals surface area contributed by atoms with E-state index in [1.807, 2.05) is 112 Å². The Kier molecular flexibility index (Phi) is 9.09. The first kappa shape index (κ1) is 34.0. The van der Waals surface area contributed by atoms with Crippen LogP contribution in [0.3, 0.4) is 0 Å². The summed E-state index contributed by atoms with van der Waals surface area (Å²) < 4.78 is 12.8. The highest BCUT2D eigenvalue weighted by Gasteiger charge is 2.76. The van der Waals surface area contributed by atoms with Gasteiger partial charge < -0.3 is 29.3 Å². The summed E-state index contributed by atoms with van der Waals surface area (Å²) >= 11 is 6.74. The third-order valence-electron chi connectivity index (χ3n) is 10.7. The number of aryl methyl sites for hydroxylation is 1. The zero-order valence-corrected chi connectivity index (χ0v) is 29.3. The molecule has 260 valence electrons. The van der Waals surface area contributed by atoms with E-state index in [0.717, 1.165) is 11.1 Å². The molecule has 4 heterocycles. The molecule has 0 bridgehead atoms. The first-order valence-corrected chi connectivity index (χ1v) is 17.7. The normalized spacial score (nSPS) is 27.9. The third kappa shape index (κ3) is 5.34. The van der Waals surface area contributed by atoms with Crippen LogP contribution in [-0.2, 0) is 25.5 Å².